The van der Waals surface area contributed by atoms with Crippen LogP contribution < -0.4 is 5.43 Å². The third-order valence-electron chi connectivity index (χ3n) is 2.62. The van der Waals surface area contributed by atoms with E-state index in [1.165, 1.54) is 30.5 Å². The van der Waals surface area contributed by atoms with Crippen LogP contribution in [0.15, 0.2) is 59.7 Å². The van der Waals surface area contributed by atoms with Crippen molar-refractivity contribution < 1.29 is 14.3 Å². The van der Waals surface area contributed by atoms with Crippen LogP contribution >= 0.6 is 0 Å². The lowest BCUT2D eigenvalue weighted by molar-refractivity contribution is -0.129. The number of aliphatic hydroxyl groups is 1. The second-order valence-electron chi connectivity index (χ2n) is 4.10. The van der Waals surface area contributed by atoms with Gasteiger partial charge in [0.1, 0.15) is 5.82 Å². The molecule has 2 N–H and O–H groups in total. The number of nitrogens with zero attached hydrogens (tertiary/aromatic N) is 1. The SMILES string of the molecule is O=C(N/N=C\c1ccc(F)cc1)[C@H](O)c1ccccc1. The fraction of sp³-hybridized carbons (Fsp3) is 0.0667. The van der Waals surface area contributed by atoms with Crippen LogP contribution in [-0.2, 0) is 4.79 Å². The summed E-state index contributed by atoms with van der Waals surface area (Å²) in [4.78, 5) is 11.7. The van der Waals surface area contributed by atoms with Gasteiger partial charge in [0.15, 0.2) is 6.10 Å². The Labute approximate surface area is 115 Å². The van der Waals surface area contributed by atoms with E-state index in [9.17, 15) is 14.3 Å². The Morgan fingerprint density at radius 1 is 1.15 bits per heavy atom. The zero-order valence-corrected chi connectivity index (χ0v) is 10.5. The molecule has 0 bridgehead atoms. The second kappa shape index (κ2) is 6.58. The number of hydrogen-bond acceptors (Lipinski definition) is 3. The van der Waals surface area contributed by atoms with E-state index in [1.807, 2.05) is 0 Å². The minimum atomic E-state index is -1.28. The van der Waals surface area contributed by atoms with Crippen molar-refractivity contribution in [3.63, 3.8) is 0 Å². The maximum absolute atomic E-state index is 12.7. The highest BCUT2D eigenvalue weighted by molar-refractivity contribution is 5.84. The molecule has 102 valence electrons. The van der Waals surface area contributed by atoms with Gasteiger partial charge in [0.05, 0.1) is 6.21 Å². The normalized spacial score (nSPS) is 12.3. The first-order valence-electron chi connectivity index (χ1n) is 5.98. The standard InChI is InChI=1S/C15H13FN2O2/c16-13-8-6-11(7-9-13)10-17-18-15(20)14(19)12-4-2-1-3-5-12/h1-10,14,19H,(H,18,20)/b17-10-/t14-/m1/s1. The molecule has 5 heteroatoms. The van der Waals surface area contributed by atoms with Crippen molar-refractivity contribution in [2.45, 2.75) is 6.10 Å². The van der Waals surface area contributed by atoms with E-state index in [4.69, 9.17) is 0 Å². The molecule has 4 nitrogen and oxygen atoms in total. The van der Waals surface area contributed by atoms with Gasteiger partial charge >= 0.3 is 0 Å². The fourth-order valence-electron chi connectivity index (χ4n) is 1.57. The molecule has 0 aromatic heterocycles. The summed E-state index contributed by atoms with van der Waals surface area (Å²) in [6.45, 7) is 0. The van der Waals surface area contributed by atoms with E-state index in [1.54, 1.807) is 30.3 Å². The molecule has 20 heavy (non-hydrogen) atoms. The van der Waals surface area contributed by atoms with Crippen LogP contribution in [0.5, 0.6) is 0 Å². The van der Waals surface area contributed by atoms with Gasteiger partial charge in [-0.1, -0.05) is 42.5 Å². The van der Waals surface area contributed by atoms with Crippen molar-refractivity contribution in [3.8, 4) is 0 Å². The molecule has 1 atom stereocenters. The summed E-state index contributed by atoms with van der Waals surface area (Å²) in [6.07, 6.45) is 0.0938. The highest BCUT2D eigenvalue weighted by Crippen LogP contribution is 2.11. The third kappa shape index (κ3) is 3.73. The van der Waals surface area contributed by atoms with Crippen molar-refractivity contribution in [2.24, 2.45) is 5.10 Å². The van der Waals surface area contributed by atoms with E-state index in [-0.39, 0.29) is 5.82 Å². The molecular formula is C15H13FN2O2. The molecule has 2 aromatic rings. The quantitative estimate of drug-likeness (QED) is 0.660. The molecule has 0 saturated carbocycles. The predicted molar refractivity (Wildman–Crippen MR) is 73.5 cm³/mol. The van der Waals surface area contributed by atoms with E-state index in [0.717, 1.165) is 0 Å². The van der Waals surface area contributed by atoms with Crippen molar-refractivity contribution in [1.29, 1.82) is 0 Å². The number of benzene rings is 2. The van der Waals surface area contributed by atoms with Crippen LogP contribution in [0.25, 0.3) is 0 Å². The molecule has 0 aliphatic heterocycles. The lowest BCUT2D eigenvalue weighted by atomic mass is 10.1. The summed E-state index contributed by atoms with van der Waals surface area (Å²) in [5, 5.41) is 13.5. The lowest BCUT2D eigenvalue weighted by Gasteiger charge is -2.08. The summed E-state index contributed by atoms with van der Waals surface area (Å²) in [5.74, 6) is -0.972. The molecule has 2 aromatic carbocycles. The van der Waals surface area contributed by atoms with E-state index >= 15 is 0 Å². The average Bonchev–Trinajstić information content (AvgIpc) is 2.49. The minimum Gasteiger partial charge on any atom is -0.378 e. The summed E-state index contributed by atoms with van der Waals surface area (Å²) in [7, 11) is 0. The van der Waals surface area contributed by atoms with Crippen LogP contribution in [-0.4, -0.2) is 17.2 Å². The molecule has 0 heterocycles. The molecule has 0 unspecified atom stereocenters. The van der Waals surface area contributed by atoms with Crippen LogP contribution in [0.4, 0.5) is 4.39 Å². The number of amides is 1. The van der Waals surface area contributed by atoms with Crippen molar-refractivity contribution >= 4 is 12.1 Å². The number of halogens is 1. The Morgan fingerprint density at radius 3 is 2.45 bits per heavy atom. The summed E-state index contributed by atoms with van der Waals surface area (Å²) in [5.41, 5.74) is 3.36. The number of hydrazone groups is 1. The topological polar surface area (TPSA) is 61.7 Å². The van der Waals surface area contributed by atoms with Gasteiger partial charge in [0.25, 0.3) is 5.91 Å². The number of hydrogen-bond donors (Lipinski definition) is 2. The summed E-state index contributed by atoms with van der Waals surface area (Å²) < 4.78 is 12.7. The number of aliphatic hydroxyl groups excluding tert-OH is 1. The van der Waals surface area contributed by atoms with Gasteiger partial charge in [0, 0.05) is 0 Å². The lowest BCUT2D eigenvalue weighted by Crippen LogP contribution is -2.25. The van der Waals surface area contributed by atoms with Crippen molar-refractivity contribution in [3.05, 3.63) is 71.5 Å². The Bertz CT molecular complexity index is 597. The Balaban J connectivity index is 1.93. The van der Waals surface area contributed by atoms with E-state index in [2.05, 4.69) is 10.5 Å². The number of rotatable bonds is 4. The maximum Gasteiger partial charge on any atom is 0.273 e. The Hall–Kier alpha value is -2.53. The third-order valence-corrected chi connectivity index (χ3v) is 2.62. The molecule has 2 rings (SSSR count). The smallest absolute Gasteiger partial charge is 0.273 e. The van der Waals surface area contributed by atoms with Crippen LogP contribution in [0, 0.1) is 5.82 Å². The van der Waals surface area contributed by atoms with Crippen molar-refractivity contribution in [1.82, 2.24) is 5.43 Å². The zero-order valence-electron chi connectivity index (χ0n) is 10.5. The summed E-state index contributed by atoms with van der Waals surface area (Å²) in [6, 6.07) is 14.2. The monoisotopic (exact) mass is 272 g/mol. The van der Waals surface area contributed by atoms with Crippen LogP contribution in [0.2, 0.25) is 0 Å². The number of carbonyl (C=O) groups excluding carboxylic acids is 1. The van der Waals surface area contributed by atoms with Gasteiger partial charge in [-0.3, -0.25) is 4.79 Å². The molecule has 1 amide bonds. The first kappa shape index (κ1) is 13.9. The molecule has 0 spiro atoms. The van der Waals surface area contributed by atoms with Gasteiger partial charge in [0.2, 0.25) is 0 Å². The molecule has 0 radical (unpaired) electrons. The van der Waals surface area contributed by atoms with Crippen molar-refractivity contribution in [2.75, 3.05) is 0 Å². The molecule has 0 fully saturated rings. The second-order valence-corrected chi connectivity index (χ2v) is 4.10. The number of nitrogens with one attached hydrogen (secondary N) is 1. The Morgan fingerprint density at radius 2 is 1.80 bits per heavy atom. The molecule has 0 aliphatic rings. The molecule has 0 aliphatic carbocycles. The summed E-state index contributed by atoms with van der Waals surface area (Å²) >= 11 is 0. The number of carbonyl (C=O) groups is 1. The predicted octanol–water partition coefficient (Wildman–Crippen LogP) is 2.01. The zero-order chi connectivity index (χ0) is 14.4. The highest BCUT2D eigenvalue weighted by atomic mass is 19.1. The van der Waals surface area contributed by atoms with Gasteiger partial charge in [-0.15, -0.1) is 0 Å². The first-order valence-corrected chi connectivity index (χ1v) is 5.98. The van der Waals surface area contributed by atoms with Crippen LogP contribution in [0.1, 0.15) is 17.2 Å². The van der Waals surface area contributed by atoms with Gasteiger partial charge in [-0.05, 0) is 23.3 Å². The van der Waals surface area contributed by atoms with E-state index < -0.39 is 12.0 Å². The maximum atomic E-state index is 12.7. The Kier molecular flexibility index (Phi) is 4.57. The van der Waals surface area contributed by atoms with Gasteiger partial charge in [-0.25, -0.2) is 9.82 Å². The average molecular weight is 272 g/mol. The van der Waals surface area contributed by atoms with E-state index in [0.29, 0.717) is 11.1 Å². The van der Waals surface area contributed by atoms with Crippen LogP contribution in [0.3, 0.4) is 0 Å². The minimum absolute atomic E-state index is 0.342. The molecule has 0 saturated heterocycles. The fourth-order valence-corrected chi connectivity index (χ4v) is 1.57. The molecular weight excluding hydrogens is 259 g/mol. The van der Waals surface area contributed by atoms with Gasteiger partial charge < -0.3 is 5.11 Å². The van der Waals surface area contributed by atoms with Gasteiger partial charge in [-0.2, -0.15) is 5.10 Å². The largest absolute Gasteiger partial charge is 0.378 e. The highest BCUT2D eigenvalue weighted by Gasteiger charge is 2.15. The first-order chi connectivity index (χ1) is 9.66.